The number of benzene rings is 9. The molecule has 336 valence electrons. The topological polar surface area (TPSA) is 9.86 Å². The van der Waals surface area contributed by atoms with E-state index >= 15 is 26.3 Å². The molecular formula is C61H37BF6N2. The number of aromatic nitrogens is 2. The second-order valence-corrected chi connectivity index (χ2v) is 20.1. The molecular weight excluding hydrogens is 885 g/mol. The fraction of sp³-hybridized carbons (Fsp3) is 0.115. The molecule has 0 fully saturated rings. The zero-order valence-electron chi connectivity index (χ0n) is 38.2. The van der Waals surface area contributed by atoms with E-state index in [0.29, 0.717) is 22.1 Å². The van der Waals surface area contributed by atoms with E-state index in [1.54, 1.807) is 0 Å². The van der Waals surface area contributed by atoms with Crippen LogP contribution in [0.5, 0.6) is 0 Å². The van der Waals surface area contributed by atoms with Crippen molar-refractivity contribution in [3.8, 4) is 44.9 Å². The van der Waals surface area contributed by atoms with Gasteiger partial charge in [0.25, 0.3) is 6.71 Å². The van der Waals surface area contributed by atoms with E-state index in [4.69, 9.17) is 0 Å². The number of fused-ring (bicyclic) bond motifs is 13. The van der Waals surface area contributed by atoms with Crippen LogP contribution in [-0.4, -0.2) is 15.8 Å². The van der Waals surface area contributed by atoms with Gasteiger partial charge in [0.05, 0.1) is 33.3 Å². The van der Waals surface area contributed by atoms with Gasteiger partial charge in [0, 0.05) is 38.6 Å². The fourth-order valence-electron chi connectivity index (χ4n) is 13.4. The molecule has 0 bridgehead atoms. The molecule has 15 rings (SSSR count). The van der Waals surface area contributed by atoms with Crippen molar-refractivity contribution in [2.75, 3.05) is 0 Å². The predicted molar refractivity (Wildman–Crippen MR) is 270 cm³/mol. The van der Waals surface area contributed by atoms with Gasteiger partial charge in [0.1, 0.15) is 0 Å². The molecule has 70 heavy (non-hydrogen) atoms. The van der Waals surface area contributed by atoms with E-state index in [2.05, 4.69) is 122 Å². The molecule has 0 radical (unpaired) electrons. The molecule has 4 aliphatic rings. The monoisotopic (exact) mass is 922 g/mol. The number of alkyl halides is 6. The van der Waals surface area contributed by atoms with Crippen LogP contribution in [0.4, 0.5) is 26.3 Å². The lowest BCUT2D eigenvalue weighted by molar-refractivity contribution is -0.138. The van der Waals surface area contributed by atoms with Crippen molar-refractivity contribution in [3.63, 3.8) is 0 Å². The second-order valence-electron chi connectivity index (χ2n) is 20.1. The lowest BCUT2D eigenvalue weighted by Crippen LogP contribution is -2.60. The fourth-order valence-corrected chi connectivity index (χ4v) is 13.4. The number of halogens is 6. The van der Waals surface area contributed by atoms with E-state index < -0.39 is 35.6 Å². The molecule has 11 aromatic rings. The summed E-state index contributed by atoms with van der Waals surface area (Å²) in [5.74, 6) is 0. The lowest BCUT2D eigenvalue weighted by atomic mass is 9.33. The summed E-state index contributed by atoms with van der Waals surface area (Å²) < 4.78 is 98.3. The second kappa shape index (κ2) is 12.9. The average molecular weight is 923 g/mol. The number of hydrogen-bond donors (Lipinski definition) is 0. The Morgan fingerprint density at radius 3 is 1.67 bits per heavy atom. The van der Waals surface area contributed by atoms with Crippen LogP contribution in [0.3, 0.4) is 0 Å². The van der Waals surface area contributed by atoms with Crippen molar-refractivity contribution in [1.29, 1.82) is 0 Å². The van der Waals surface area contributed by atoms with Crippen molar-refractivity contribution in [1.82, 2.24) is 9.13 Å². The van der Waals surface area contributed by atoms with Gasteiger partial charge in [-0.05, 0) is 124 Å². The largest absolute Gasteiger partial charge is 0.416 e. The van der Waals surface area contributed by atoms with Gasteiger partial charge in [0.2, 0.25) is 0 Å². The molecule has 2 nitrogen and oxygen atoms in total. The predicted octanol–water partition coefficient (Wildman–Crippen LogP) is 14.3. The maximum absolute atomic E-state index is 15.7. The van der Waals surface area contributed by atoms with Crippen LogP contribution in [0.15, 0.2) is 152 Å². The maximum atomic E-state index is 15.7. The molecule has 0 atom stereocenters. The molecule has 1 aliphatic carbocycles. The molecule has 0 saturated heterocycles. The van der Waals surface area contributed by atoms with Gasteiger partial charge in [-0.15, -0.1) is 0 Å². The van der Waals surface area contributed by atoms with Crippen LogP contribution in [0.2, 0.25) is 0 Å². The Hall–Kier alpha value is -7.78. The minimum atomic E-state index is -4.81. The highest BCUT2D eigenvalue weighted by Crippen LogP contribution is 2.63. The first-order valence-corrected chi connectivity index (χ1v) is 23.6. The smallest absolute Gasteiger partial charge is 0.310 e. The normalized spacial score (nSPS) is 14.5. The quantitative estimate of drug-likeness (QED) is 0.121. The summed E-state index contributed by atoms with van der Waals surface area (Å²) in [6.07, 6.45) is -9.62. The summed E-state index contributed by atoms with van der Waals surface area (Å²) in [7, 11) is 0. The highest BCUT2D eigenvalue weighted by molar-refractivity contribution is 7.00. The van der Waals surface area contributed by atoms with E-state index in [9.17, 15) is 0 Å². The minimum Gasteiger partial charge on any atom is -0.310 e. The van der Waals surface area contributed by atoms with Crippen LogP contribution in [0.1, 0.15) is 55.6 Å². The third-order valence-electron chi connectivity index (χ3n) is 16.1. The van der Waals surface area contributed by atoms with Crippen molar-refractivity contribution >= 4 is 66.6 Å². The minimum absolute atomic E-state index is 0.147. The number of rotatable bonds is 2. The summed E-state index contributed by atoms with van der Waals surface area (Å²) in [4.78, 5) is 0. The molecule has 3 aliphatic heterocycles. The highest BCUT2D eigenvalue weighted by atomic mass is 19.4. The van der Waals surface area contributed by atoms with Crippen molar-refractivity contribution in [2.45, 2.75) is 45.5 Å². The van der Waals surface area contributed by atoms with Crippen LogP contribution < -0.4 is 16.4 Å². The Kier molecular flexibility index (Phi) is 7.40. The molecule has 1 spiro atoms. The molecule has 0 amide bonds. The van der Waals surface area contributed by atoms with Gasteiger partial charge in [-0.1, -0.05) is 150 Å². The van der Waals surface area contributed by atoms with E-state index in [1.807, 2.05) is 42.7 Å². The summed E-state index contributed by atoms with van der Waals surface area (Å²) in [5, 5.41) is 3.23. The van der Waals surface area contributed by atoms with Crippen molar-refractivity contribution < 1.29 is 26.3 Å². The number of nitrogens with zero attached hydrogens (tertiary/aromatic N) is 2. The summed E-state index contributed by atoms with van der Waals surface area (Å²) >= 11 is 0. The van der Waals surface area contributed by atoms with Gasteiger partial charge < -0.3 is 9.13 Å². The van der Waals surface area contributed by atoms with Crippen LogP contribution in [-0.2, 0) is 17.8 Å². The highest BCUT2D eigenvalue weighted by Gasteiger charge is 2.56. The molecule has 0 unspecified atom stereocenters. The third-order valence-corrected chi connectivity index (χ3v) is 16.1. The van der Waals surface area contributed by atoms with Gasteiger partial charge in [-0.25, -0.2) is 0 Å². The van der Waals surface area contributed by atoms with Gasteiger partial charge in [-0.2, -0.15) is 26.3 Å². The Balaban J connectivity index is 1.23. The zero-order chi connectivity index (χ0) is 47.7. The number of aryl methyl sites for hydroxylation is 4. The SMILES string of the molecule is Cc1ccc(-c2c(-c3ccc(C)cc3)n3c4c(cc5ccccc5c24)B2c4c-3ccc3c4-n4c5c2cc(C(F)(F)F)cc5c2cc(C(F)(F)F)cc(c24)C32c3cc(C)ccc3-c3ccc(C)cc32)cc1. The van der Waals surface area contributed by atoms with Crippen LogP contribution >= 0.6 is 0 Å². The Bertz CT molecular complexity index is 4190. The zero-order valence-corrected chi connectivity index (χ0v) is 38.2. The van der Waals surface area contributed by atoms with Crippen molar-refractivity contribution in [3.05, 3.63) is 207 Å². The number of hydrogen-bond acceptors (Lipinski definition) is 0. The van der Waals surface area contributed by atoms with Crippen LogP contribution in [0.25, 0.3) is 88.4 Å². The summed E-state index contributed by atoms with van der Waals surface area (Å²) in [6.45, 7) is 7.38. The molecule has 9 aromatic carbocycles. The van der Waals surface area contributed by atoms with E-state index in [1.165, 1.54) is 12.1 Å². The lowest BCUT2D eigenvalue weighted by Gasteiger charge is -2.44. The van der Waals surface area contributed by atoms with E-state index in [0.717, 1.165) is 129 Å². The average Bonchev–Trinajstić information content (AvgIpc) is 3.96. The van der Waals surface area contributed by atoms with E-state index in [-0.39, 0.29) is 10.8 Å². The Labute approximate surface area is 398 Å². The third kappa shape index (κ3) is 4.78. The first kappa shape index (κ1) is 40.1. The Morgan fingerprint density at radius 2 is 1.03 bits per heavy atom. The first-order chi connectivity index (χ1) is 33.6. The molecule has 0 N–H and O–H groups in total. The summed E-state index contributed by atoms with van der Waals surface area (Å²) in [6, 6.07) is 48.8. The van der Waals surface area contributed by atoms with Gasteiger partial charge in [-0.3, -0.25) is 0 Å². The van der Waals surface area contributed by atoms with Gasteiger partial charge in [0.15, 0.2) is 0 Å². The molecule has 9 heteroatoms. The Morgan fingerprint density at radius 1 is 0.457 bits per heavy atom. The molecule has 0 saturated carbocycles. The molecule has 2 aromatic heterocycles. The van der Waals surface area contributed by atoms with Gasteiger partial charge >= 0.3 is 12.4 Å². The maximum Gasteiger partial charge on any atom is 0.416 e. The first-order valence-electron chi connectivity index (χ1n) is 23.6. The standard InChI is InChI=1S/C61H37BF6N2/c1-30-9-15-34(16-10-30)51-52-39-8-6-5-7-36(39)25-48-58(52)69(54(51)35-17-11-31(2)12-18-35)50-22-21-44-57-53(50)62(48)49-29-38(61(66,67)68)27-43-42-26-37(60(63,64)65)28-47(55(42)70(57)56(43)49)59(44)45-23-32(3)13-19-40(45)41-20-14-33(4)24-46(41)59/h5-29H,1-4H3. The van der Waals surface area contributed by atoms with Crippen molar-refractivity contribution in [2.24, 2.45) is 0 Å². The van der Waals surface area contributed by atoms with Crippen LogP contribution in [0, 0.1) is 27.7 Å². The molecule has 5 heterocycles. The summed E-state index contributed by atoms with van der Waals surface area (Å²) in [5.41, 5.74) is 15.3.